The third-order valence-corrected chi connectivity index (χ3v) is 3.10. The van der Waals surface area contributed by atoms with Crippen molar-refractivity contribution in [3.63, 3.8) is 0 Å². The van der Waals surface area contributed by atoms with Gasteiger partial charge in [-0.1, -0.05) is 0 Å². The Kier molecular flexibility index (Phi) is 4.15. The number of phenolic OH excluding ortho intramolecular Hbond substituents is 1. The van der Waals surface area contributed by atoms with Crippen LogP contribution in [0.15, 0.2) is 6.07 Å². The van der Waals surface area contributed by atoms with Crippen LogP contribution in [-0.2, 0) is 6.42 Å². The van der Waals surface area contributed by atoms with Gasteiger partial charge in [0.05, 0.1) is 0 Å². The highest BCUT2D eigenvalue weighted by molar-refractivity contribution is 5.47. The van der Waals surface area contributed by atoms with Crippen LogP contribution >= 0.6 is 0 Å². The molecular weight excluding hydrogens is 188 g/mol. The number of rotatable bonds is 4. The zero-order chi connectivity index (χ0) is 11.4. The van der Waals surface area contributed by atoms with E-state index in [1.807, 2.05) is 13.0 Å². The van der Waals surface area contributed by atoms with Crippen molar-refractivity contribution in [1.82, 2.24) is 0 Å². The van der Waals surface area contributed by atoms with E-state index in [0.29, 0.717) is 5.75 Å². The quantitative estimate of drug-likeness (QED) is 0.747. The topological polar surface area (TPSA) is 40.5 Å². The summed E-state index contributed by atoms with van der Waals surface area (Å²) in [6.07, 6.45) is 2.57. The minimum atomic E-state index is 0.227. The number of aryl methyl sites for hydroxylation is 1. The summed E-state index contributed by atoms with van der Waals surface area (Å²) in [5.74, 6) is 0.397. The van der Waals surface area contributed by atoms with E-state index in [0.717, 1.165) is 30.4 Å². The standard InChI is InChI=1S/C13H20O2/c1-9-8-13(15)12(6-4-5-7-14)11(3)10(9)2/h8,14-15H,4-7H2,1-3H3. The molecule has 0 atom stereocenters. The van der Waals surface area contributed by atoms with E-state index < -0.39 is 0 Å². The molecule has 0 aromatic heterocycles. The molecule has 2 heteroatoms. The van der Waals surface area contributed by atoms with Gasteiger partial charge in [-0.2, -0.15) is 0 Å². The fraction of sp³-hybridized carbons (Fsp3) is 0.538. The Morgan fingerprint density at radius 1 is 1.07 bits per heavy atom. The van der Waals surface area contributed by atoms with E-state index in [2.05, 4.69) is 13.8 Å². The first-order valence-electron chi connectivity index (χ1n) is 5.47. The molecule has 0 aliphatic heterocycles. The first-order chi connectivity index (χ1) is 7.07. The molecule has 1 rings (SSSR count). The fourth-order valence-electron chi connectivity index (χ4n) is 1.84. The van der Waals surface area contributed by atoms with Gasteiger partial charge in [-0.25, -0.2) is 0 Å². The number of hydrogen-bond acceptors (Lipinski definition) is 2. The molecular formula is C13H20O2. The summed E-state index contributed by atoms with van der Waals surface area (Å²) >= 11 is 0. The molecule has 0 unspecified atom stereocenters. The molecule has 15 heavy (non-hydrogen) atoms. The lowest BCUT2D eigenvalue weighted by Crippen LogP contribution is -1.97. The number of unbranched alkanes of at least 4 members (excludes halogenated alkanes) is 1. The van der Waals surface area contributed by atoms with E-state index in [-0.39, 0.29) is 6.61 Å². The van der Waals surface area contributed by atoms with Crippen molar-refractivity contribution in [2.75, 3.05) is 6.61 Å². The number of aromatic hydroxyl groups is 1. The minimum absolute atomic E-state index is 0.227. The van der Waals surface area contributed by atoms with E-state index in [9.17, 15) is 5.11 Å². The number of aliphatic hydroxyl groups is 1. The van der Waals surface area contributed by atoms with Gasteiger partial charge in [-0.15, -0.1) is 0 Å². The Labute approximate surface area is 91.6 Å². The van der Waals surface area contributed by atoms with Gasteiger partial charge in [0.2, 0.25) is 0 Å². The largest absolute Gasteiger partial charge is 0.508 e. The normalized spacial score (nSPS) is 10.7. The summed E-state index contributed by atoms with van der Waals surface area (Å²) in [7, 11) is 0. The van der Waals surface area contributed by atoms with Gasteiger partial charge in [0.1, 0.15) is 5.75 Å². The van der Waals surface area contributed by atoms with Gasteiger partial charge in [0.25, 0.3) is 0 Å². The van der Waals surface area contributed by atoms with Crippen LogP contribution in [0.25, 0.3) is 0 Å². The first kappa shape index (κ1) is 12.1. The van der Waals surface area contributed by atoms with Crippen LogP contribution < -0.4 is 0 Å². The SMILES string of the molecule is Cc1cc(O)c(CCCCO)c(C)c1C. The highest BCUT2D eigenvalue weighted by atomic mass is 16.3. The maximum Gasteiger partial charge on any atom is 0.119 e. The van der Waals surface area contributed by atoms with Crippen LogP contribution in [0.2, 0.25) is 0 Å². The zero-order valence-corrected chi connectivity index (χ0v) is 9.80. The molecule has 0 spiro atoms. The second-order valence-corrected chi connectivity index (χ2v) is 4.12. The molecule has 0 fully saturated rings. The average molecular weight is 208 g/mol. The third kappa shape index (κ3) is 2.72. The Bertz CT molecular complexity index is 343. The van der Waals surface area contributed by atoms with Gasteiger partial charge in [0.15, 0.2) is 0 Å². The van der Waals surface area contributed by atoms with Crippen LogP contribution in [0.5, 0.6) is 5.75 Å². The summed E-state index contributed by atoms with van der Waals surface area (Å²) in [5.41, 5.74) is 4.61. The van der Waals surface area contributed by atoms with E-state index in [1.165, 1.54) is 11.1 Å². The van der Waals surface area contributed by atoms with Crippen LogP contribution in [-0.4, -0.2) is 16.8 Å². The predicted molar refractivity (Wildman–Crippen MR) is 62.3 cm³/mol. The fourth-order valence-corrected chi connectivity index (χ4v) is 1.84. The predicted octanol–water partition coefficient (Wildman–Crippen LogP) is 2.63. The highest BCUT2D eigenvalue weighted by Crippen LogP contribution is 2.28. The summed E-state index contributed by atoms with van der Waals surface area (Å²) in [6.45, 7) is 6.38. The van der Waals surface area contributed by atoms with Crippen LogP contribution in [0.4, 0.5) is 0 Å². The number of phenols is 1. The monoisotopic (exact) mass is 208 g/mol. The van der Waals surface area contributed by atoms with Crippen LogP contribution in [0.3, 0.4) is 0 Å². The third-order valence-electron chi connectivity index (χ3n) is 3.10. The molecule has 1 aromatic rings. The molecule has 0 heterocycles. The van der Waals surface area contributed by atoms with Crippen molar-refractivity contribution in [1.29, 1.82) is 0 Å². The molecule has 2 nitrogen and oxygen atoms in total. The Hall–Kier alpha value is -1.02. The number of benzene rings is 1. The molecule has 0 saturated carbocycles. The van der Waals surface area contributed by atoms with Crippen molar-refractivity contribution < 1.29 is 10.2 Å². The Morgan fingerprint density at radius 3 is 2.33 bits per heavy atom. The maximum absolute atomic E-state index is 9.83. The first-order valence-corrected chi connectivity index (χ1v) is 5.47. The van der Waals surface area contributed by atoms with Crippen molar-refractivity contribution in [2.45, 2.75) is 40.0 Å². The molecule has 84 valence electrons. The van der Waals surface area contributed by atoms with E-state index in [1.54, 1.807) is 0 Å². The Morgan fingerprint density at radius 2 is 1.73 bits per heavy atom. The molecule has 0 radical (unpaired) electrons. The number of aliphatic hydroxyl groups excluding tert-OH is 1. The van der Waals surface area contributed by atoms with E-state index >= 15 is 0 Å². The summed E-state index contributed by atoms with van der Waals surface area (Å²) in [6, 6.07) is 1.83. The zero-order valence-electron chi connectivity index (χ0n) is 9.80. The van der Waals surface area contributed by atoms with Gasteiger partial charge < -0.3 is 10.2 Å². The molecule has 1 aromatic carbocycles. The van der Waals surface area contributed by atoms with Crippen molar-refractivity contribution in [3.05, 3.63) is 28.3 Å². The molecule has 2 N–H and O–H groups in total. The van der Waals surface area contributed by atoms with Gasteiger partial charge in [-0.3, -0.25) is 0 Å². The lowest BCUT2D eigenvalue weighted by molar-refractivity contribution is 0.284. The van der Waals surface area contributed by atoms with E-state index in [4.69, 9.17) is 5.11 Å². The molecule has 0 bridgehead atoms. The lowest BCUT2D eigenvalue weighted by Gasteiger charge is -2.13. The Balaban J connectivity index is 2.92. The second kappa shape index (κ2) is 5.17. The molecule has 0 amide bonds. The van der Waals surface area contributed by atoms with Gasteiger partial charge in [-0.05, 0) is 68.4 Å². The van der Waals surface area contributed by atoms with Crippen molar-refractivity contribution in [2.24, 2.45) is 0 Å². The minimum Gasteiger partial charge on any atom is -0.508 e. The summed E-state index contributed by atoms with van der Waals surface area (Å²) < 4.78 is 0. The van der Waals surface area contributed by atoms with Crippen LogP contribution in [0.1, 0.15) is 35.1 Å². The molecule has 0 aliphatic rings. The summed E-state index contributed by atoms with van der Waals surface area (Å²) in [5, 5.41) is 18.6. The van der Waals surface area contributed by atoms with Gasteiger partial charge in [0, 0.05) is 6.61 Å². The van der Waals surface area contributed by atoms with Gasteiger partial charge >= 0.3 is 0 Å². The maximum atomic E-state index is 9.83. The lowest BCUT2D eigenvalue weighted by atomic mass is 9.94. The second-order valence-electron chi connectivity index (χ2n) is 4.12. The average Bonchev–Trinajstić information content (AvgIpc) is 2.20. The smallest absolute Gasteiger partial charge is 0.119 e. The molecule has 0 saturated heterocycles. The van der Waals surface area contributed by atoms with Crippen molar-refractivity contribution in [3.8, 4) is 5.75 Å². The highest BCUT2D eigenvalue weighted by Gasteiger charge is 2.09. The summed E-state index contributed by atoms with van der Waals surface area (Å²) in [4.78, 5) is 0. The molecule has 0 aliphatic carbocycles. The van der Waals surface area contributed by atoms with Crippen molar-refractivity contribution >= 4 is 0 Å². The van der Waals surface area contributed by atoms with Crippen LogP contribution in [0, 0.1) is 20.8 Å². The number of hydrogen-bond donors (Lipinski definition) is 2.